The van der Waals surface area contributed by atoms with Crippen LogP contribution in [-0.2, 0) is 24.3 Å². The van der Waals surface area contributed by atoms with Crippen molar-refractivity contribution < 1.29 is 23.8 Å². The number of hydrogen-bond acceptors (Lipinski definition) is 6. The predicted octanol–water partition coefficient (Wildman–Crippen LogP) is 5.16. The largest absolute Gasteiger partial charge is 0.396 e. The second-order valence-corrected chi connectivity index (χ2v) is 12.5. The standard InChI is InChI=1S/C30H35F2N3O3S/c1-29-9-8-25(37)30(2,17-36)24(29)14-23-27(35-28(39-23)34-15-18-6-4-3-5-7-18)22(29)13-26(38)33-16-19-10-20(31)12-21(32)11-19/h3-7,10-12,22,24-25,36-37H,8-9,13-17H2,1-2H3,(H,33,38)(H,34,35)/t22-,24+,25-,29+,30+/m1/s1. The molecule has 1 heterocycles. The van der Waals surface area contributed by atoms with Gasteiger partial charge in [-0.15, -0.1) is 11.3 Å². The van der Waals surface area contributed by atoms with E-state index in [2.05, 4.69) is 17.6 Å². The molecule has 2 aliphatic carbocycles. The van der Waals surface area contributed by atoms with E-state index in [1.54, 1.807) is 11.3 Å². The van der Waals surface area contributed by atoms with Gasteiger partial charge in [0.05, 0.1) is 18.4 Å². The van der Waals surface area contributed by atoms with Gasteiger partial charge in [-0.1, -0.05) is 44.2 Å². The molecule has 1 fully saturated rings. The Balaban J connectivity index is 1.42. The average Bonchev–Trinajstić information content (AvgIpc) is 3.32. The lowest BCUT2D eigenvalue weighted by Crippen LogP contribution is -2.57. The number of nitrogens with one attached hydrogen (secondary N) is 2. The van der Waals surface area contributed by atoms with E-state index in [1.165, 1.54) is 12.1 Å². The van der Waals surface area contributed by atoms with Gasteiger partial charge in [-0.25, -0.2) is 13.8 Å². The second kappa shape index (κ2) is 10.9. The fourth-order valence-electron chi connectivity index (χ4n) is 6.67. The van der Waals surface area contributed by atoms with Crippen molar-refractivity contribution in [3.63, 3.8) is 0 Å². The molecular weight excluding hydrogens is 520 g/mol. The maximum absolute atomic E-state index is 13.6. The molecule has 2 aromatic carbocycles. The number of nitrogens with zero attached hydrogens (tertiary/aromatic N) is 1. The number of carbonyl (C=O) groups is 1. The van der Waals surface area contributed by atoms with E-state index in [4.69, 9.17) is 4.98 Å². The number of benzene rings is 2. The molecule has 0 unspecified atom stereocenters. The van der Waals surface area contributed by atoms with Gasteiger partial charge in [-0.3, -0.25) is 4.79 Å². The molecule has 5 rings (SSSR count). The summed E-state index contributed by atoms with van der Waals surface area (Å²) >= 11 is 1.57. The van der Waals surface area contributed by atoms with Crippen LogP contribution in [0.2, 0.25) is 0 Å². The number of amides is 1. The number of thiazole rings is 1. The Morgan fingerprint density at radius 1 is 1.10 bits per heavy atom. The van der Waals surface area contributed by atoms with E-state index in [1.807, 2.05) is 37.3 Å². The van der Waals surface area contributed by atoms with E-state index < -0.39 is 23.2 Å². The van der Waals surface area contributed by atoms with Crippen LogP contribution in [0.1, 0.15) is 60.7 Å². The Morgan fingerprint density at radius 2 is 1.82 bits per heavy atom. The molecule has 39 heavy (non-hydrogen) atoms. The Kier molecular flexibility index (Phi) is 7.77. The Hall–Kier alpha value is -2.88. The van der Waals surface area contributed by atoms with Crippen molar-refractivity contribution in [3.8, 4) is 0 Å². The van der Waals surface area contributed by atoms with Crippen LogP contribution in [0.5, 0.6) is 0 Å². The summed E-state index contributed by atoms with van der Waals surface area (Å²) in [6.07, 6.45) is 1.42. The summed E-state index contributed by atoms with van der Waals surface area (Å²) in [6, 6.07) is 13.3. The van der Waals surface area contributed by atoms with E-state index in [-0.39, 0.29) is 42.7 Å². The van der Waals surface area contributed by atoms with Crippen LogP contribution in [0.15, 0.2) is 48.5 Å². The Morgan fingerprint density at radius 3 is 2.51 bits per heavy atom. The summed E-state index contributed by atoms with van der Waals surface area (Å²) in [6.45, 7) is 4.58. The summed E-state index contributed by atoms with van der Waals surface area (Å²) in [5, 5.41) is 28.4. The van der Waals surface area contributed by atoms with Crippen molar-refractivity contribution in [2.24, 2.45) is 16.7 Å². The first kappa shape index (κ1) is 27.7. The van der Waals surface area contributed by atoms with Crippen molar-refractivity contribution in [2.45, 2.75) is 64.6 Å². The highest BCUT2D eigenvalue weighted by Gasteiger charge is 2.59. The SMILES string of the molecule is C[C@]1(CO)[C@H]2Cc3sc(NCc4ccccc4)nc3[C@@H](CC(=O)NCc3cc(F)cc(F)c3)[C@]2(C)CC[C@H]1O. The van der Waals surface area contributed by atoms with Crippen molar-refractivity contribution in [3.05, 3.63) is 81.9 Å². The van der Waals surface area contributed by atoms with Crippen LogP contribution >= 0.6 is 11.3 Å². The smallest absolute Gasteiger partial charge is 0.220 e. The summed E-state index contributed by atoms with van der Waals surface area (Å²) < 4.78 is 27.3. The molecule has 0 radical (unpaired) electrons. The van der Waals surface area contributed by atoms with Gasteiger partial charge in [0.25, 0.3) is 0 Å². The van der Waals surface area contributed by atoms with E-state index in [0.717, 1.165) is 27.3 Å². The second-order valence-electron chi connectivity index (χ2n) is 11.5. The topological polar surface area (TPSA) is 94.5 Å². The van der Waals surface area contributed by atoms with E-state index in [9.17, 15) is 23.8 Å². The number of aliphatic hydroxyl groups is 2. The molecule has 0 bridgehead atoms. The molecule has 5 atom stereocenters. The highest BCUT2D eigenvalue weighted by atomic mass is 32.1. The first-order valence-corrected chi connectivity index (χ1v) is 14.2. The number of aliphatic hydroxyl groups excluding tert-OH is 2. The lowest BCUT2D eigenvalue weighted by atomic mass is 9.47. The number of halogens is 2. The fourth-order valence-corrected chi connectivity index (χ4v) is 7.73. The van der Waals surface area contributed by atoms with Crippen LogP contribution in [0.4, 0.5) is 13.9 Å². The third kappa shape index (κ3) is 5.44. The zero-order valence-electron chi connectivity index (χ0n) is 22.2. The quantitative estimate of drug-likeness (QED) is 0.308. The Bertz CT molecular complexity index is 1320. The molecule has 0 aliphatic heterocycles. The molecule has 6 nitrogen and oxygen atoms in total. The molecule has 3 aromatic rings. The molecule has 0 spiro atoms. The van der Waals surface area contributed by atoms with Gasteiger partial charge < -0.3 is 20.8 Å². The zero-order valence-corrected chi connectivity index (χ0v) is 23.0. The highest BCUT2D eigenvalue weighted by molar-refractivity contribution is 7.15. The van der Waals surface area contributed by atoms with Crippen LogP contribution in [0, 0.1) is 28.4 Å². The number of rotatable bonds is 8. The minimum Gasteiger partial charge on any atom is -0.396 e. The van der Waals surface area contributed by atoms with Crippen LogP contribution in [-0.4, -0.2) is 33.8 Å². The molecular formula is C30H35F2N3O3S. The third-order valence-corrected chi connectivity index (χ3v) is 10.0. The molecule has 9 heteroatoms. The maximum atomic E-state index is 13.6. The van der Waals surface area contributed by atoms with E-state index in [0.29, 0.717) is 31.4 Å². The molecule has 1 aromatic heterocycles. The van der Waals surface area contributed by atoms with Gasteiger partial charge in [0.1, 0.15) is 11.6 Å². The van der Waals surface area contributed by atoms with Crippen LogP contribution < -0.4 is 10.6 Å². The number of aromatic nitrogens is 1. The van der Waals surface area contributed by atoms with Gasteiger partial charge >= 0.3 is 0 Å². The van der Waals surface area contributed by atoms with Gasteiger partial charge in [0.2, 0.25) is 5.91 Å². The van der Waals surface area contributed by atoms with Crippen molar-refractivity contribution in [1.29, 1.82) is 0 Å². The lowest BCUT2D eigenvalue weighted by molar-refractivity contribution is -0.144. The van der Waals surface area contributed by atoms with Crippen molar-refractivity contribution in [2.75, 3.05) is 11.9 Å². The van der Waals surface area contributed by atoms with E-state index >= 15 is 0 Å². The lowest BCUT2D eigenvalue weighted by Gasteiger charge is -2.58. The van der Waals surface area contributed by atoms with Crippen molar-refractivity contribution in [1.82, 2.24) is 10.3 Å². The highest BCUT2D eigenvalue weighted by Crippen LogP contribution is 2.62. The Labute approximate surface area is 231 Å². The molecule has 1 amide bonds. The summed E-state index contributed by atoms with van der Waals surface area (Å²) in [5.74, 6) is -1.90. The molecule has 0 saturated heterocycles. The predicted molar refractivity (Wildman–Crippen MR) is 147 cm³/mol. The normalized spacial score (nSPS) is 27.9. The van der Waals surface area contributed by atoms with Gasteiger partial charge in [-0.05, 0) is 53.9 Å². The summed E-state index contributed by atoms with van der Waals surface area (Å²) in [7, 11) is 0. The molecule has 4 N–H and O–H groups in total. The van der Waals surface area contributed by atoms with Gasteiger partial charge in [-0.2, -0.15) is 0 Å². The summed E-state index contributed by atoms with van der Waals surface area (Å²) in [5.41, 5.74) is 1.28. The van der Waals surface area contributed by atoms with Crippen LogP contribution in [0.3, 0.4) is 0 Å². The monoisotopic (exact) mass is 555 g/mol. The third-order valence-electron chi connectivity index (χ3n) is 8.98. The zero-order chi connectivity index (χ0) is 27.8. The minimum atomic E-state index is -0.708. The van der Waals surface area contributed by atoms with Gasteiger partial charge in [0.15, 0.2) is 5.13 Å². The molecule has 2 aliphatic rings. The molecule has 1 saturated carbocycles. The van der Waals surface area contributed by atoms with Crippen molar-refractivity contribution >= 4 is 22.4 Å². The first-order valence-electron chi connectivity index (χ1n) is 13.4. The average molecular weight is 556 g/mol. The number of fused-ring (bicyclic) bond motifs is 2. The molecule has 208 valence electrons. The first-order chi connectivity index (χ1) is 18.6. The number of carbonyl (C=O) groups excluding carboxylic acids is 1. The summed E-state index contributed by atoms with van der Waals surface area (Å²) in [4.78, 5) is 19.3. The number of anilines is 1. The van der Waals surface area contributed by atoms with Gasteiger partial charge in [0, 0.05) is 41.8 Å². The minimum absolute atomic E-state index is 0.0151. The maximum Gasteiger partial charge on any atom is 0.220 e. The van der Waals surface area contributed by atoms with Crippen LogP contribution in [0.25, 0.3) is 0 Å². The number of hydrogen-bond donors (Lipinski definition) is 4. The fraction of sp³-hybridized carbons (Fsp3) is 0.467.